The molecular formula is C13H19ClO2. The molecule has 1 atom stereocenters. The van der Waals surface area contributed by atoms with Crippen LogP contribution in [0.5, 0.6) is 5.75 Å². The highest BCUT2D eigenvalue weighted by molar-refractivity contribution is 6.32. The van der Waals surface area contributed by atoms with E-state index in [9.17, 15) is 5.11 Å². The Morgan fingerprint density at radius 2 is 2.06 bits per heavy atom. The Hall–Kier alpha value is -0.730. The van der Waals surface area contributed by atoms with Crippen molar-refractivity contribution in [3.05, 3.63) is 28.8 Å². The standard InChI is InChI=1S/C13H19ClO2/c1-9(2)13(4,15)8-16-12-7-10(3)5-6-11(12)14/h5-7,9,15H,8H2,1-4H3. The fourth-order valence-corrected chi connectivity index (χ4v) is 1.28. The number of benzene rings is 1. The van der Waals surface area contributed by atoms with Crippen LogP contribution in [-0.2, 0) is 0 Å². The van der Waals surface area contributed by atoms with Gasteiger partial charge in [0, 0.05) is 0 Å². The first-order chi connectivity index (χ1) is 7.33. The van der Waals surface area contributed by atoms with Gasteiger partial charge in [0.05, 0.1) is 10.6 Å². The molecule has 0 amide bonds. The van der Waals surface area contributed by atoms with Crippen molar-refractivity contribution in [3.63, 3.8) is 0 Å². The van der Waals surface area contributed by atoms with Gasteiger partial charge in [0.25, 0.3) is 0 Å². The molecule has 0 aromatic heterocycles. The van der Waals surface area contributed by atoms with Crippen LogP contribution in [0, 0.1) is 12.8 Å². The summed E-state index contributed by atoms with van der Waals surface area (Å²) >= 11 is 6.00. The highest BCUT2D eigenvalue weighted by atomic mass is 35.5. The lowest BCUT2D eigenvalue weighted by Gasteiger charge is -2.27. The zero-order valence-electron chi connectivity index (χ0n) is 10.2. The van der Waals surface area contributed by atoms with Crippen molar-refractivity contribution >= 4 is 11.6 Å². The Morgan fingerprint density at radius 1 is 1.44 bits per heavy atom. The van der Waals surface area contributed by atoms with E-state index in [-0.39, 0.29) is 12.5 Å². The van der Waals surface area contributed by atoms with E-state index in [2.05, 4.69) is 0 Å². The zero-order valence-corrected chi connectivity index (χ0v) is 11.0. The molecule has 0 heterocycles. The molecule has 1 aromatic carbocycles. The SMILES string of the molecule is Cc1ccc(Cl)c(OCC(C)(O)C(C)C)c1. The normalized spacial score (nSPS) is 14.9. The van der Waals surface area contributed by atoms with Gasteiger partial charge in [-0.25, -0.2) is 0 Å². The van der Waals surface area contributed by atoms with Gasteiger partial charge >= 0.3 is 0 Å². The summed E-state index contributed by atoms with van der Waals surface area (Å²) in [7, 11) is 0. The molecule has 0 spiro atoms. The van der Waals surface area contributed by atoms with Gasteiger partial charge in [0.1, 0.15) is 12.4 Å². The van der Waals surface area contributed by atoms with Crippen LogP contribution in [0.3, 0.4) is 0 Å². The fraction of sp³-hybridized carbons (Fsp3) is 0.538. The second-order valence-corrected chi connectivity index (χ2v) is 5.14. The Balaban J connectivity index is 2.71. The third-order valence-electron chi connectivity index (χ3n) is 2.85. The molecule has 0 fully saturated rings. The first kappa shape index (κ1) is 13.3. The first-order valence-corrected chi connectivity index (χ1v) is 5.82. The Morgan fingerprint density at radius 3 is 2.62 bits per heavy atom. The van der Waals surface area contributed by atoms with Crippen LogP contribution in [0.25, 0.3) is 0 Å². The molecule has 0 bridgehead atoms. The van der Waals surface area contributed by atoms with Gasteiger partial charge in [-0.15, -0.1) is 0 Å². The van der Waals surface area contributed by atoms with Crippen LogP contribution >= 0.6 is 11.6 Å². The maximum atomic E-state index is 10.0. The number of rotatable bonds is 4. The molecule has 0 saturated carbocycles. The van der Waals surface area contributed by atoms with Crippen molar-refractivity contribution < 1.29 is 9.84 Å². The summed E-state index contributed by atoms with van der Waals surface area (Å²) in [5, 5.41) is 10.6. The van der Waals surface area contributed by atoms with Gasteiger partial charge in [-0.1, -0.05) is 31.5 Å². The number of aryl methyl sites for hydroxylation is 1. The number of halogens is 1. The minimum absolute atomic E-state index is 0.135. The monoisotopic (exact) mass is 242 g/mol. The molecule has 3 heteroatoms. The van der Waals surface area contributed by atoms with Crippen molar-refractivity contribution in [2.45, 2.75) is 33.3 Å². The molecule has 90 valence electrons. The predicted molar refractivity (Wildman–Crippen MR) is 67.1 cm³/mol. The molecule has 16 heavy (non-hydrogen) atoms. The summed E-state index contributed by atoms with van der Waals surface area (Å²) in [6.45, 7) is 7.90. The van der Waals surface area contributed by atoms with Crippen molar-refractivity contribution in [1.29, 1.82) is 0 Å². The molecule has 2 nitrogen and oxygen atoms in total. The smallest absolute Gasteiger partial charge is 0.138 e. The van der Waals surface area contributed by atoms with Crippen molar-refractivity contribution in [2.75, 3.05) is 6.61 Å². The van der Waals surface area contributed by atoms with Crippen molar-refractivity contribution in [3.8, 4) is 5.75 Å². The number of hydrogen-bond acceptors (Lipinski definition) is 2. The molecule has 0 aliphatic heterocycles. The highest BCUT2D eigenvalue weighted by Crippen LogP contribution is 2.27. The van der Waals surface area contributed by atoms with E-state index in [1.165, 1.54) is 0 Å². The van der Waals surface area contributed by atoms with Crippen LogP contribution < -0.4 is 4.74 Å². The van der Waals surface area contributed by atoms with Crippen molar-refractivity contribution in [2.24, 2.45) is 5.92 Å². The third kappa shape index (κ3) is 3.39. The van der Waals surface area contributed by atoms with E-state index in [1.54, 1.807) is 13.0 Å². The second kappa shape index (κ2) is 5.07. The molecule has 1 unspecified atom stereocenters. The summed E-state index contributed by atoms with van der Waals surface area (Å²) in [5.41, 5.74) is 0.246. The van der Waals surface area contributed by atoms with E-state index >= 15 is 0 Å². The Bertz CT molecular complexity index is 359. The zero-order chi connectivity index (χ0) is 12.3. The van der Waals surface area contributed by atoms with Gasteiger partial charge in [-0.05, 0) is 37.5 Å². The average Bonchev–Trinajstić information content (AvgIpc) is 2.19. The molecule has 0 radical (unpaired) electrons. The van der Waals surface area contributed by atoms with E-state index in [4.69, 9.17) is 16.3 Å². The molecular weight excluding hydrogens is 224 g/mol. The molecule has 0 aliphatic carbocycles. The first-order valence-electron chi connectivity index (χ1n) is 5.44. The van der Waals surface area contributed by atoms with Gasteiger partial charge < -0.3 is 9.84 Å². The van der Waals surface area contributed by atoms with Crippen LogP contribution in [0.4, 0.5) is 0 Å². The summed E-state index contributed by atoms with van der Waals surface area (Å²) in [5.74, 6) is 0.763. The number of ether oxygens (including phenoxy) is 1. The molecule has 1 rings (SSSR count). The van der Waals surface area contributed by atoms with Gasteiger partial charge in [0.15, 0.2) is 0 Å². The lowest BCUT2D eigenvalue weighted by Crippen LogP contribution is -2.37. The summed E-state index contributed by atoms with van der Waals surface area (Å²) < 4.78 is 5.56. The van der Waals surface area contributed by atoms with E-state index in [0.717, 1.165) is 5.56 Å². The van der Waals surface area contributed by atoms with Crippen LogP contribution in [0.2, 0.25) is 5.02 Å². The molecule has 1 N–H and O–H groups in total. The molecule has 1 aromatic rings. The van der Waals surface area contributed by atoms with E-state index in [0.29, 0.717) is 10.8 Å². The lowest BCUT2D eigenvalue weighted by molar-refractivity contribution is -0.0266. The Labute approximate surface area is 102 Å². The van der Waals surface area contributed by atoms with Crippen LogP contribution in [0.1, 0.15) is 26.3 Å². The van der Waals surface area contributed by atoms with Crippen molar-refractivity contribution in [1.82, 2.24) is 0 Å². The highest BCUT2D eigenvalue weighted by Gasteiger charge is 2.26. The molecule has 0 saturated heterocycles. The largest absolute Gasteiger partial charge is 0.489 e. The maximum absolute atomic E-state index is 10.0. The summed E-state index contributed by atoms with van der Waals surface area (Å²) in [6, 6.07) is 5.60. The topological polar surface area (TPSA) is 29.5 Å². The maximum Gasteiger partial charge on any atom is 0.138 e. The predicted octanol–water partition coefficient (Wildman–Crippen LogP) is 3.43. The number of aliphatic hydroxyl groups is 1. The fourth-order valence-electron chi connectivity index (χ4n) is 1.11. The van der Waals surface area contributed by atoms with E-state index in [1.807, 2.05) is 32.9 Å². The minimum atomic E-state index is -0.840. The van der Waals surface area contributed by atoms with E-state index < -0.39 is 5.60 Å². The minimum Gasteiger partial charge on any atom is -0.489 e. The quantitative estimate of drug-likeness (QED) is 0.877. The van der Waals surface area contributed by atoms with Gasteiger partial charge in [-0.2, -0.15) is 0 Å². The second-order valence-electron chi connectivity index (χ2n) is 4.73. The lowest BCUT2D eigenvalue weighted by atomic mass is 9.94. The summed E-state index contributed by atoms with van der Waals surface area (Å²) in [6.07, 6.45) is 0. The van der Waals surface area contributed by atoms with Gasteiger partial charge in [-0.3, -0.25) is 0 Å². The number of hydrogen-bond donors (Lipinski definition) is 1. The summed E-state index contributed by atoms with van der Waals surface area (Å²) in [4.78, 5) is 0. The third-order valence-corrected chi connectivity index (χ3v) is 3.16. The Kier molecular flexibility index (Phi) is 4.22. The molecule has 0 aliphatic rings. The van der Waals surface area contributed by atoms with Crippen LogP contribution in [-0.4, -0.2) is 17.3 Å². The average molecular weight is 243 g/mol. The van der Waals surface area contributed by atoms with Gasteiger partial charge in [0.2, 0.25) is 0 Å². The van der Waals surface area contributed by atoms with Crippen LogP contribution in [0.15, 0.2) is 18.2 Å².